The molecular weight excluding hydrogens is 646 g/mol. The molecule has 3 aromatic rings. The third-order valence-corrected chi connectivity index (χ3v) is 11.0. The number of amides is 2. The van der Waals surface area contributed by atoms with E-state index in [1.807, 2.05) is 21.9 Å². The molecule has 3 saturated heterocycles. The van der Waals surface area contributed by atoms with Crippen molar-refractivity contribution in [2.24, 2.45) is 13.0 Å². The van der Waals surface area contributed by atoms with Crippen molar-refractivity contribution in [3.05, 3.63) is 40.6 Å². The molecular formula is C33H43F4N9O3. The van der Waals surface area contributed by atoms with Crippen molar-refractivity contribution in [2.45, 2.75) is 75.4 Å². The molecule has 0 bridgehead atoms. The lowest BCUT2D eigenvalue weighted by Crippen LogP contribution is -2.62. The van der Waals surface area contributed by atoms with E-state index in [2.05, 4.69) is 15.3 Å². The van der Waals surface area contributed by atoms with Gasteiger partial charge in [0.05, 0.1) is 41.0 Å². The Morgan fingerprint density at radius 3 is 2.39 bits per heavy atom. The number of benzene rings is 1. The number of aromatic nitrogens is 4. The first kappa shape index (κ1) is 33.6. The average Bonchev–Trinajstić information content (AvgIpc) is 3.58. The summed E-state index contributed by atoms with van der Waals surface area (Å²) < 4.78 is 62.2. The first-order valence-corrected chi connectivity index (χ1v) is 17.2. The van der Waals surface area contributed by atoms with E-state index >= 15 is 8.78 Å². The summed E-state index contributed by atoms with van der Waals surface area (Å²) in [7, 11) is 1.66. The fraction of sp³-hybridized carbons (Fsp3) is 0.636. The van der Waals surface area contributed by atoms with Gasteiger partial charge in [-0.2, -0.15) is 5.10 Å². The number of piperazine rings is 1. The highest BCUT2D eigenvalue weighted by atomic mass is 19.3. The summed E-state index contributed by atoms with van der Waals surface area (Å²) in [5, 5.41) is 6.33. The van der Waals surface area contributed by atoms with Crippen molar-refractivity contribution < 1.29 is 27.2 Å². The first-order chi connectivity index (χ1) is 23.4. The molecule has 2 atom stereocenters. The van der Waals surface area contributed by atoms with Crippen LogP contribution in [0.4, 0.5) is 28.9 Å². The quantitative estimate of drug-likeness (QED) is 0.286. The number of likely N-dealkylation sites (tertiary alicyclic amines) is 1. The van der Waals surface area contributed by atoms with Gasteiger partial charge in [-0.25, -0.2) is 22.4 Å². The molecule has 49 heavy (non-hydrogen) atoms. The smallest absolute Gasteiger partial charge is 0.329 e. The molecule has 266 valence electrons. The molecule has 1 aromatic carbocycles. The zero-order valence-corrected chi connectivity index (χ0v) is 27.5. The lowest BCUT2D eigenvalue weighted by molar-refractivity contribution is -0.135. The van der Waals surface area contributed by atoms with E-state index in [9.17, 15) is 23.2 Å². The Hall–Kier alpha value is -3.92. The van der Waals surface area contributed by atoms with Gasteiger partial charge in [-0.15, -0.1) is 0 Å². The molecule has 1 saturated carbocycles. The number of aryl methyl sites for hydroxylation is 1. The van der Waals surface area contributed by atoms with Crippen molar-refractivity contribution in [1.82, 2.24) is 34.0 Å². The van der Waals surface area contributed by atoms with Gasteiger partial charge in [0.2, 0.25) is 11.8 Å². The number of rotatable bonds is 7. The maximum atomic E-state index is 15.7. The molecule has 1 aliphatic carbocycles. The SMILES string of the molecule is Cn1c(=O)n(C2CCC(=O)NC2=O)c2cccc(N3CCN(C4CCN(CC5CCC(n6cc(N)c(C(F)F)n6)CC5)CC4(F)F)CC3)c21. The number of imide groups is 1. The maximum Gasteiger partial charge on any atom is 0.329 e. The van der Waals surface area contributed by atoms with Crippen LogP contribution in [-0.4, -0.2) is 98.3 Å². The minimum atomic E-state index is -2.88. The van der Waals surface area contributed by atoms with Gasteiger partial charge < -0.3 is 10.6 Å². The minimum absolute atomic E-state index is 0.00493. The topological polar surface area (TPSA) is 127 Å². The second kappa shape index (κ2) is 13.1. The molecule has 4 fully saturated rings. The van der Waals surface area contributed by atoms with Gasteiger partial charge in [0.25, 0.3) is 12.3 Å². The molecule has 0 radical (unpaired) electrons. The number of nitrogens with one attached hydrogen (secondary N) is 1. The number of imidazole rings is 1. The molecule has 5 heterocycles. The molecule has 3 aliphatic heterocycles. The number of alkyl halides is 4. The van der Waals surface area contributed by atoms with E-state index < -0.39 is 30.3 Å². The fourth-order valence-corrected chi connectivity index (χ4v) is 8.51. The van der Waals surface area contributed by atoms with Gasteiger partial charge >= 0.3 is 5.69 Å². The molecule has 4 aliphatic rings. The molecule has 2 aromatic heterocycles. The van der Waals surface area contributed by atoms with E-state index in [1.54, 1.807) is 17.8 Å². The third-order valence-electron chi connectivity index (χ3n) is 11.0. The number of anilines is 2. The van der Waals surface area contributed by atoms with Gasteiger partial charge in [0.15, 0.2) is 5.69 Å². The highest BCUT2D eigenvalue weighted by Crippen LogP contribution is 2.38. The molecule has 16 heteroatoms. The van der Waals surface area contributed by atoms with Crippen LogP contribution in [0.1, 0.15) is 69.1 Å². The predicted molar refractivity (Wildman–Crippen MR) is 175 cm³/mol. The van der Waals surface area contributed by atoms with Crippen LogP contribution in [0.15, 0.2) is 29.2 Å². The Labute approximate surface area is 280 Å². The summed E-state index contributed by atoms with van der Waals surface area (Å²) in [6.45, 7) is 2.81. The van der Waals surface area contributed by atoms with Crippen LogP contribution in [-0.2, 0) is 16.6 Å². The van der Waals surface area contributed by atoms with Crippen LogP contribution in [0.25, 0.3) is 11.0 Å². The number of nitrogen functional groups attached to an aromatic ring is 1. The Bertz CT molecular complexity index is 1770. The summed E-state index contributed by atoms with van der Waals surface area (Å²) in [6, 6.07) is 3.89. The Balaban J connectivity index is 0.950. The van der Waals surface area contributed by atoms with Crippen LogP contribution in [0.2, 0.25) is 0 Å². The van der Waals surface area contributed by atoms with Crippen LogP contribution in [0, 0.1) is 5.92 Å². The van der Waals surface area contributed by atoms with Crippen molar-refractivity contribution in [2.75, 3.05) is 56.4 Å². The van der Waals surface area contributed by atoms with Crippen molar-refractivity contribution >= 4 is 34.2 Å². The highest BCUT2D eigenvalue weighted by Gasteiger charge is 2.48. The number of carbonyl (C=O) groups is 2. The number of carbonyl (C=O) groups excluding carboxylic acids is 2. The number of nitrogens with zero attached hydrogens (tertiary/aromatic N) is 7. The lowest BCUT2D eigenvalue weighted by Gasteiger charge is -2.47. The summed E-state index contributed by atoms with van der Waals surface area (Å²) in [5.41, 5.74) is 7.05. The number of piperidine rings is 2. The van der Waals surface area contributed by atoms with Crippen molar-refractivity contribution in [3.63, 3.8) is 0 Å². The highest BCUT2D eigenvalue weighted by molar-refractivity contribution is 6.00. The summed E-state index contributed by atoms with van der Waals surface area (Å²) in [4.78, 5) is 43.6. The molecule has 2 unspecified atom stereocenters. The van der Waals surface area contributed by atoms with E-state index in [1.165, 1.54) is 15.3 Å². The second-order valence-corrected chi connectivity index (χ2v) is 14.1. The molecule has 2 amide bonds. The number of hydrogen-bond acceptors (Lipinski definition) is 8. The normalized spacial score (nSPS) is 27.3. The predicted octanol–water partition coefficient (Wildman–Crippen LogP) is 3.30. The zero-order chi connectivity index (χ0) is 34.6. The maximum absolute atomic E-state index is 15.7. The monoisotopic (exact) mass is 689 g/mol. The van der Waals surface area contributed by atoms with Crippen LogP contribution >= 0.6 is 0 Å². The first-order valence-electron chi connectivity index (χ1n) is 17.2. The molecule has 0 spiro atoms. The Morgan fingerprint density at radius 1 is 1.00 bits per heavy atom. The Kier molecular flexibility index (Phi) is 8.96. The number of nitrogens with two attached hydrogens (primary N) is 1. The molecule has 3 N–H and O–H groups in total. The number of hydrogen-bond donors (Lipinski definition) is 2. The summed E-state index contributed by atoms with van der Waals surface area (Å²) in [5.74, 6) is -3.46. The number of para-hydroxylation sites is 1. The lowest BCUT2D eigenvalue weighted by atomic mass is 9.85. The summed E-state index contributed by atoms with van der Waals surface area (Å²) >= 11 is 0. The van der Waals surface area contributed by atoms with Gasteiger partial charge in [-0.1, -0.05) is 6.07 Å². The van der Waals surface area contributed by atoms with Gasteiger partial charge in [-0.3, -0.25) is 38.5 Å². The van der Waals surface area contributed by atoms with E-state index in [4.69, 9.17) is 5.73 Å². The van der Waals surface area contributed by atoms with Crippen molar-refractivity contribution in [3.8, 4) is 0 Å². The standard InChI is InChI=1S/C33H43F4N9O3/c1-41-29-23(3-2-4-24(29)46(32(41)49)25-9-10-27(47)39-31(25)48)43-13-15-44(16-14-43)26-11-12-42(19-33(26,36)37)17-20-5-7-21(8-6-20)45-18-22(38)28(40-45)30(34)35/h2-4,18,20-21,25-26,30H,5-17,19,38H2,1H3,(H,39,47,48). The van der Waals surface area contributed by atoms with Crippen LogP contribution < -0.4 is 21.6 Å². The van der Waals surface area contributed by atoms with Crippen LogP contribution in [0.5, 0.6) is 0 Å². The summed E-state index contributed by atoms with van der Waals surface area (Å²) in [6.07, 6.45) is 2.64. The zero-order valence-electron chi connectivity index (χ0n) is 27.5. The minimum Gasteiger partial charge on any atom is -0.396 e. The largest absolute Gasteiger partial charge is 0.396 e. The van der Waals surface area contributed by atoms with Gasteiger partial charge in [-0.05, 0) is 56.6 Å². The Morgan fingerprint density at radius 2 is 1.73 bits per heavy atom. The fourth-order valence-electron chi connectivity index (χ4n) is 8.51. The molecule has 12 nitrogen and oxygen atoms in total. The number of halogens is 4. The van der Waals surface area contributed by atoms with E-state index in [0.29, 0.717) is 56.7 Å². The van der Waals surface area contributed by atoms with E-state index in [0.717, 1.165) is 31.4 Å². The van der Waals surface area contributed by atoms with Crippen molar-refractivity contribution in [1.29, 1.82) is 0 Å². The van der Waals surface area contributed by atoms with E-state index in [-0.39, 0.29) is 54.3 Å². The molecule has 7 rings (SSSR count). The third kappa shape index (κ3) is 6.33. The van der Waals surface area contributed by atoms with Gasteiger partial charge in [0, 0.05) is 58.9 Å². The van der Waals surface area contributed by atoms with Gasteiger partial charge in [0.1, 0.15) is 6.04 Å². The average molecular weight is 690 g/mol. The van der Waals surface area contributed by atoms with Crippen LogP contribution in [0.3, 0.4) is 0 Å². The second-order valence-electron chi connectivity index (χ2n) is 14.1. The number of fused-ring (bicyclic) bond motifs is 1.